The van der Waals surface area contributed by atoms with Crippen molar-refractivity contribution in [1.82, 2.24) is 25.1 Å². The van der Waals surface area contributed by atoms with E-state index in [0.29, 0.717) is 19.5 Å². The lowest BCUT2D eigenvalue weighted by Gasteiger charge is -2.34. The number of aromatic amines is 1. The fourth-order valence-electron chi connectivity index (χ4n) is 3.60. The average Bonchev–Trinajstić information content (AvgIpc) is 3.16. The third kappa shape index (κ3) is 3.55. The lowest BCUT2D eigenvalue weighted by Crippen LogP contribution is -2.50. The molecule has 3 amide bonds. The molecule has 0 aromatic carbocycles. The fraction of sp³-hybridized carbons (Fsp3) is 0.706. The molecule has 3 heterocycles. The van der Waals surface area contributed by atoms with Gasteiger partial charge in [-0.3, -0.25) is 4.79 Å². The lowest BCUT2D eigenvalue weighted by atomic mass is 9.97. The molecule has 0 spiro atoms. The number of carbonyl (C=O) groups excluding carboxylic acids is 2. The molecule has 2 aliphatic rings. The van der Waals surface area contributed by atoms with Gasteiger partial charge in [0.1, 0.15) is 5.82 Å². The summed E-state index contributed by atoms with van der Waals surface area (Å²) in [6.45, 7) is 8.08. The molecule has 2 N–H and O–H groups in total. The van der Waals surface area contributed by atoms with Crippen LogP contribution in [0.15, 0.2) is 12.4 Å². The van der Waals surface area contributed by atoms with E-state index in [1.165, 1.54) is 0 Å². The van der Waals surface area contributed by atoms with E-state index in [1.54, 1.807) is 6.20 Å². The Labute approximate surface area is 142 Å². The summed E-state index contributed by atoms with van der Waals surface area (Å²) in [6.07, 6.45) is 5.96. The van der Waals surface area contributed by atoms with Crippen LogP contribution >= 0.6 is 0 Å². The molecule has 2 fully saturated rings. The molecule has 1 aromatic heterocycles. The third-order valence-electron chi connectivity index (χ3n) is 4.88. The summed E-state index contributed by atoms with van der Waals surface area (Å²) in [5.41, 5.74) is -0.202. The highest BCUT2D eigenvalue weighted by Gasteiger charge is 2.37. The molecule has 132 valence electrons. The van der Waals surface area contributed by atoms with Gasteiger partial charge in [-0.2, -0.15) is 0 Å². The van der Waals surface area contributed by atoms with Crippen LogP contribution in [0, 0.1) is 0 Å². The first-order chi connectivity index (χ1) is 11.3. The van der Waals surface area contributed by atoms with Gasteiger partial charge in [0, 0.05) is 49.9 Å². The Hall–Kier alpha value is -2.05. The van der Waals surface area contributed by atoms with Gasteiger partial charge in [0.25, 0.3) is 0 Å². The van der Waals surface area contributed by atoms with E-state index < -0.39 is 0 Å². The largest absolute Gasteiger partial charge is 0.348 e. The molecule has 2 saturated heterocycles. The van der Waals surface area contributed by atoms with Crippen LogP contribution < -0.4 is 5.32 Å². The standard InChI is InChI=1S/C17H27N5O2/c1-17(2,3)22-11-13(9-14(22)23)20-16(24)21-8-4-5-12(10-21)15-18-6-7-19-15/h6-7,12-13H,4-5,8-11H2,1-3H3,(H,18,19)(H,20,24). The Morgan fingerprint density at radius 1 is 1.38 bits per heavy atom. The maximum Gasteiger partial charge on any atom is 0.317 e. The normalized spacial score (nSPS) is 25.2. The number of nitrogens with zero attached hydrogens (tertiary/aromatic N) is 3. The SMILES string of the molecule is CC(C)(C)N1CC(NC(=O)N2CCCC(c3ncc[nH]3)C2)CC1=O. The predicted molar refractivity (Wildman–Crippen MR) is 90.5 cm³/mol. The number of urea groups is 1. The van der Waals surface area contributed by atoms with Gasteiger partial charge in [0.15, 0.2) is 0 Å². The molecule has 7 heteroatoms. The summed E-state index contributed by atoms with van der Waals surface area (Å²) in [6, 6.07) is -0.173. The summed E-state index contributed by atoms with van der Waals surface area (Å²) < 4.78 is 0. The number of aromatic nitrogens is 2. The van der Waals surface area contributed by atoms with E-state index in [-0.39, 0.29) is 29.4 Å². The number of nitrogens with one attached hydrogen (secondary N) is 2. The first-order valence-corrected chi connectivity index (χ1v) is 8.70. The van der Waals surface area contributed by atoms with Crippen molar-refractivity contribution in [3.8, 4) is 0 Å². The van der Waals surface area contributed by atoms with Crippen LogP contribution in [0.2, 0.25) is 0 Å². The minimum atomic E-state index is -0.202. The first kappa shape index (κ1) is 16.8. The number of hydrogen-bond acceptors (Lipinski definition) is 3. The van der Waals surface area contributed by atoms with E-state index in [1.807, 2.05) is 36.8 Å². The zero-order valence-electron chi connectivity index (χ0n) is 14.7. The number of H-pyrrole nitrogens is 1. The number of piperidine rings is 1. The molecule has 0 saturated carbocycles. The Kier molecular flexibility index (Phi) is 4.51. The van der Waals surface area contributed by atoms with Gasteiger partial charge in [-0.05, 0) is 33.6 Å². The molecule has 2 unspecified atom stereocenters. The molecule has 0 aliphatic carbocycles. The molecular formula is C17H27N5O2. The monoisotopic (exact) mass is 333 g/mol. The summed E-state index contributed by atoms with van der Waals surface area (Å²) >= 11 is 0. The molecule has 0 radical (unpaired) electrons. The molecular weight excluding hydrogens is 306 g/mol. The highest BCUT2D eigenvalue weighted by atomic mass is 16.2. The zero-order chi connectivity index (χ0) is 17.3. The fourth-order valence-corrected chi connectivity index (χ4v) is 3.60. The molecule has 2 atom stereocenters. The number of carbonyl (C=O) groups is 2. The number of likely N-dealkylation sites (tertiary alicyclic amines) is 2. The topological polar surface area (TPSA) is 81.3 Å². The van der Waals surface area contributed by atoms with E-state index >= 15 is 0 Å². The van der Waals surface area contributed by atoms with Gasteiger partial charge in [0.05, 0.1) is 6.04 Å². The third-order valence-corrected chi connectivity index (χ3v) is 4.88. The Balaban J connectivity index is 1.56. The summed E-state index contributed by atoms with van der Waals surface area (Å²) in [7, 11) is 0. The second-order valence-corrected chi connectivity index (χ2v) is 7.79. The molecule has 3 rings (SSSR count). The van der Waals surface area contributed by atoms with E-state index in [9.17, 15) is 9.59 Å². The van der Waals surface area contributed by atoms with Gasteiger partial charge in [-0.1, -0.05) is 0 Å². The second kappa shape index (κ2) is 6.45. The van der Waals surface area contributed by atoms with Crippen LogP contribution in [0.25, 0.3) is 0 Å². The van der Waals surface area contributed by atoms with Crippen LogP contribution in [-0.4, -0.2) is 62.9 Å². The molecule has 24 heavy (non-hydrogen) atoms. The second-order valence-electron chi connectivity index (χ2n) is 7.79. The lowest BCUT2D eigenvalue weighted by molar-refractivity contribution is -0.131. The first-order valence-electron chi connectivity index (χ1n) is 8.70. The number of imidazole rings is 1. The van der Waals surface area contributed by atoms with Crippen molar-refractivity contribution in [2.75, 3.05) is 19.6 Å². The minimum Gasteiger partial charge on any atom is -0.348 e. The van der Waals surface area contributed by atoms with Crippen molar-refractivity contribution in [2.24, 2.45) is 0 Å². The van der Waals surface area contributed by atoms with Crippen molar-refractivity contribution in [3.63, 3.8) is 0 Å². The van der Waals surface area contributed by atoms with Crippen LogP contribution in [0.4, 0.5) is 4.79 Å². The van der Waals surface area contributed by atoms with Gasteiger partial charge >= 0.3 is 6.03 Å². The van der Waals surface area contributed by atoms with Crippen LogP contribution in [0.1, 0.15) is 51.8 Å². The van der Waals surface area contributed by atoms with Gasteiger partial charge in [-0.15, -0.1) is 0 Å². The Morgan fingerprint density at radius 2 is 2.17 bits per heavy atom. The minimum absolute atomic E-state index is 0.0696. The maximum atomic E-state index is 12.6. The van der Waals surface area contributed by atoms with Crippen molar-refractivity contribution < 1.29 is 9.59 Å². The van der Waals surface area contributed by atoms with Crippen LogP contribution in [0.5, 0.6) is 0 Å². The molecule has 0 bridgehead atoms. The number of amides is 3. The molecule has 1 aromatic rings. The van der Waals surface area contributed by atoms with Gasteiger partial charge in [-0.25, -0.2) is 9.78 Å². The maximum absolute atomic E-state index is 12.6. The van der Waals surface area contributed by atoms with E-state index in [2.05, 4.69) is 15.3 Å². The van der Waals surface area contributed by atoms with Crippen LogP contribution in [0.3, 0.4) is 0 Å². The van der Waals surface area contributed by atoms with Crippen LogP contribution in [-0.2, 0) is 4.79 Å². The highest BCUT2D eigenvalue weighted by Crippen LogP contribution is 2.25. The zero-order valence-corrected chi connectivity index (χ0v) is 14.7. The van der Waals surface area contributed by atoms with Gasteiger partial charge in [0.2, 0.25) is 5.91 Å². The highest BCUT2D eigenvalue weighted by molar-refractivity contribution is 5.82. The van der Waals surface area contributed by atoms with E-state index in [4.69, 9.17) is 0 Å². The number of rotatable bonds is 2. The van der Waals surface area contributed by atoms with E-state index in [0.717, 1.165) is 25.2 Å². The smallest absolute Gasteiger partial charge is 0.317 e. The number of hydrogen-bond donors (Lipinski definition) is 2. The Bertz CT molecular complexity index is 593. The summed E-state index contributed by atoms with van der Waals surface area (Å²) in [5, 5.41) is 3.04. The van der Waals surface area contributed by atoms with Crippen molar-refractivity contribution in [3.05, 3.63) is 18.2 Å². The quantitative estimate of drug-likeness (QED) is 0.864. The van der Waals surface area contributed by atoms with Crippen molar-refractivity contribution >= 4 is 11.9 Å². The Morgan fingerprint density at radius 3 is 2.79 bits per heavy atom. The predicted octanol–water partition coefficient (Wildman–Crippen LogP) is 1.70. The summed E-state index contributed by atoms with van der Waals surface area (Å²) in [5.74, 6) is 1.32. The summed E-state index contributed by atoms with van der Waals surface area (Å²) in [4.78, 5) is 35.9. The molecule has 7 nitrogen and oxygen atoms in total. The average molecular weight is 333 g/mol. The van der Waals surface area contributed by atoms with Gasteiger partial charge < -0.3 is 20.1 Å². The van der Waals surface area contributed by atoms with Crippen molar-refractivity contribution in [2.45, 2.75) is 57.5 Å². The molecule has 2 aliphatic heterocycles. The van der Waals surface area contributed by atoms with Crippen molar-refractivity contribution in [1.29, 1.82) is 0 Å².